The zero-order chi connectivity index (χ0) is 14.7. The van der Waals surface area contributed by atoms with E-state index in [1.165, 1.54) is 20.5 Å². The molecule has 1 heterocycles. The summed E-state index contributed by atoms with van der Waals surface area (Å²) in [5, 5.41) is 3.61. The molecule has 1 aromatic carbocycles. The second-order valence-corrected chi connectivity index (χ2v) is 4.50. The predicted molar refractivity (Wildman–Crippen MR) is 79.3 cm³/mol. The van der Waals surface area contributed by atoms with Crippen LogP contribution in [-0.2, 0) is 0 Å². The van der Waals surface area contributed by atoms with Crippen LogP contribution in [0.1, 0.15) is 0 Å². The van der Waals surface area contributed by atoms with E-state index in [9.17, 15) is 0 Å². The highest BCUT2D eigenvalue weighted by Gasteiger charge is 2.13. The third-order valence-electron chi connectivity index (χ3n) is 2.56. The molecule has 0 fully saturated rings. The molecule has 3 N–H and O–H groups in total. The molecule has 8 heteroatoms. The molecule has 106 valence electrons. The van der Waals surface area contributed by atoms with Crippen LogP contribution in [0.2, 0.25) is 10.2 Å². The smallest absolute Gasteiger partial charge is 0.158 e. The first-order valence-corrected chi connectivity index (χ1v) is 6.27. The molecular formula is C12H12Cl2N4O2. The standard InChI is InChI=1S/C12H12Cl2N4O2/c1-19-8-4-7(9(20-2)3-6(8)13)18-12-10(15)11(14)16-5-17-12/h3-5H,15H2,1-2H3,(H,16,17,18). The Morgan fingerprint density at radius 2 is 1.80 bits per heavy atom. The molecule has 6 nitrogen and oxygen atoms in total. The van der Waals surface area contributed by atoms with E-state index in [2.05, 4.69) is 15.3 Å². The van der Waals surface area contributed by atoms with E-state index in [-0.39, 0.29) is 10.8 Å². The van der Waals surface area contributed by atoms with Crippen molar-refractivity contribution < 1.29 is 9.47 Å². The van der Waals surface area contributed by atoms with Crippen molar-refractivity contribution >= 4 is 40.4 Å². The summed E-state index contributed by atoms with van der Waals surface area (Å²) >= 11 is 11.9. The molecule has 0 spiro atoms. The molecule has 1 aromatic heterocycles. The van der Waals surface area contributed by atoms with E-state index >= 15 is 0 Å². The topological polar surface area (TPSA) is 82.3 Å². The second-order valence-electron chi connectivity index (χ2n) is 3.74. The molecule has 20 heavy (non-hydrogen) atoms. The van der Waals surface area contributed by atoms with Gasteiger partial charge in [-0.15, -0.1) is 0 Å². The minimum Gasteiger partial charge on any atom is -0.495 e. The molecule has 0 aliphatic heterocycles. The van der Waals surface area contributed by atoms with Crippen molar-refractivity contribution in [3.63, 3.8) is 0 Å². The van der Waals surface area contributed by atoms with Gasteiger partial charge in [0.05, 0.1) is 24.9 Å². The summed E-state index contributed by atoms with van der Waals surface area (Å²) in [4.78, 5) is 7.81. The Balaban J connectivity index is 2.44. The average Bonchev–Trinajstić information content (AvgIpc) is 2.45. The summed E-state index contributed by atoms with van der Waals surface area (Å²) in [5.74, 6) is 1.38. The van der Waals surface area contributed by atoms with Crippen molar-refractivity contribution in [1.82, 2.24) is 9.97 Å². The summed E-state index contributed by atoms with van der Waals surface area (Å²) in [6.07, 6.45) is 1.31. The van der Waals surface area contributed by atoms with Gasteiger partial charge < -0.3 is 20.5 Å². The van der Waals surface area contributed by atoms with Gasteiger partial charge in [0, 0.05) is 12.1 Å². The lowest BCUT2D eigenvalue weighted by Crippen LogP contribution is -2.02. The number of nitrogen functional groups attached to an aromatic ring is 1. The lowest BCUT2D eigenvalue weighted by molar-refractivity contribution is 0.405. The number of aromatic nitrogens is 2. The molecule has 0 bridgehead atoms. The number of hydrogen-bond donors (Lipinski definition) is 2. The van der Waals surface area contributed by atoms with Crippen LogP contribution >= 0.6 is 23.2 Å². The summed E-state index contributed by atoms with van der Waals surface area (Å²) in [7, 11) is 3.05. The van der Waals surface area contributed by atoms with Crippen molar-refractivity contribution in [2.75, 3.05) is 25.3 Å². The number of rotatable bonds is 4. The molecule has 0 radical (unpaired) electrons. The Morgan fingerprint density at radius 1 is 1.10 bits per heavy atom. The zero-order valence-electron chi connectivity index (χ0n) is 10.8. The molecule has 0 saturated heterocycles. The number of ether oxygens (including phenoxy) is 2. The number of nitrogens with zero attached hydrogens (tertiary/aromatic N) is 2. The molecule has 0 atom stereocenters. The molecule has 0 saturated carbocycles. The van der Waals surface area contributed by atoms with Gasteiger partial charge in [0.2, 0.25) is 0 Å². The highest BCUT2D eigenvalue weighted by Crippen LogP contribution is 2.38. The lowest BCUT2D eigenvalue weighted by atomic mass is 10.2. The Bertz CT molecular complexity index is 637. The van der Waals surface area contributed by atoms with E-state index in [0.717, 1.165) is 0 Å². The second kappa shape index (κ2) is 6.02. The van der Waals surface area contributed by atoms with Gasteiger partial charge in [0.15, 0.2) is 11.0 Å². The van der Waals surface area contributed by atoms with Crippen molar-refractivity contribution in [3.8, 4) is 11.5 Å². The SMILES string of the molecule is COc1cc(Nc2ncnc(Cl)c2N)c(OC)cc1Cl. The molecule has 2 aromatic rings. The van der Waals surface area contributed by atoms with Crippen molar-refractivity contribution in [1.29, 1.82) is 0 Å². The van der Waals surface area contributed by atoms with E-state index in [0.29, 0.717) is 28.0 Å². The largest absolute Gasteiger partial charge is 0.495 e. The van der Waals surface area contributed by atoms with Gasteiger partial charge in [0.25, 0.3) is 0 Å². The number of nitrogens with one attached hydrogen (secondary N) is 1. The number of methoxy groups -OCH3 is 2. The first kappa shape index (κ1) is 14.5. The Kier molecular flexibility index (Phi) is 4.36. The minimum absolute atomic E-state index is 0.169. The normalized spacial score (nSPS) is 10.2. The summed E-state index contributed by atoms with van der Waals surface area (Å²) < 4.78 is 10.4. The van der Waals surface area contributed by atoms with E-state index in [1.54, 1.807) is 12.1 Å². The molecule has 0 aliphatic rings. The van der Waals surface area contributed by atoms with Gasteiger partial charge in [-0.25, -0.2) is 9.97 Å². The predicted octanol–water partition coefficient (Wildman–Crippen LogP) is 3.13. The number of anilines is 3. The maximum absolute atomic E-state index is 6.04. The quantitative estimate of drug-likeness (QED) is 0.844. The van der Waals surface area contributed by atoms with Crippen molar-refractivity contribution in [3.05, 3.63) is 28.6 Å². The first-order chi connectivity index (χ1) is 9.56. The molecule has 0 aliphatic carbocycles. The van der Waals surface area contributed by atoms with Gasteiger partial charge >= 0.3 is 0 Å². The third-order valence-corrected chi connectivity index (χ3v) is 3.16. The maximum Gasteiger partial charge on any atom is 0.158 e. The van der Waals surface area contributed by atoms with Crippen LogP contribution in [0.3, 0.4) is 0 Å². The molecular weight excluding hydrogens is 303 g/mol. The Hall–Kier alpha value is -1.92. The van der Waals surface area contributed by atoms with Crippen LogP contribution in [0.15, 0.2) is 18.5 Å². The van der Waals surface area contributed by atoms with Gasteiger partial charge in [-0.05, 0) is 0 Å². The molecule has 0 amide bonds. The lowest BCUT2D eigenvalue weighted by Gasteiger charge is -2.14. The van der Waals surface area contributed by atoms with Crippen molar-refractivity contribution in [2.24, 2.45) is 0 Å². The van der Waals surface area contributed by atoms with Crippen LogP contribution < -0.4 is 20.5 Å². The van der Waals surface area contributed by atoms with E-state index < -0.39 is 0 Å². The van der Waals surface area contributed by atoms with E-state index in [1.807, 2.05) is 0 Å². The monoisotopic (exact) mass is 314 g/mol. The Labute approximate surface area is 125 Å². The highest BCUT2D eigenvalue weighted by molar-refractivity contribution is 6.32. The maximum atomic E-state index is 6.04. The van der Waals surface area contributed by atoms with Crippen LogP contribution in [-0.4, -0.2) is 24.2 Å². The first-order valence-electron chi connectivity index (χ1n) is 5.51. The number of halogens is 2. The van der Waals surface area contributed by atoms with Gasteiger partial charge in [0.1, 0.15) is 23.5 Å². The minimum atomic E-state index is 0.169. The zero-order valence-corrected chi connectivity index (χ0v) is 12.3. The fraction of sp³-hybridized carbons (Fsp3) is 0.167. The van der Waals surface area contributed by atoms with Gasteiger partial charge in [-0.2, -0.15) is 0 Å². The van der Waals surface area contributed by atoms with E-state index in [4.69, 9.17) is 38.4 Å². The van der Waals surface area contributed by atoms with Gasteiger partial charge in [-0.1, -0.05) is 23.2 Å². The fourth-order valence-electron chi connectivity index (χ4n) is 1.56. The van der Waals surface area contributed by atoms with Crippen LogP contribution in [0.25, 0.3) is 0 Å². The molecule has 0 unspecified atom stereocenters. The summed E-state index contributed by atoms with van der Waals surface area (Å²) in [6, 6.07) is 3.30. The Morgan fingerprint density at radius 3 is 2.45 bits per heavy atom. The number of nitrogens with two attached hydrogens (primary N) is 1. The highest BCUT2D eigenvalue weighted by atomic mass is 35.5. The fourth-order valence-corrected chi connectivity index (χ4v) is 1.92. The number of hydrogen-bond acceptors (Lipinski definition) is 6. The average molecular weight is 315 g/mol. The van der Waals surface area contributed by atoms with Crippen LogP contribution in [0.4, 0.5) is 17.2 Å². The molecule has 2 rings (SSSR count). The summed E-state index contributed by atoms with van der Waals surface area (Å²) in [6.45, 7) is 0. The summed E-state index contributed by atoms with van der Waals surface area (Å²) in [5.41, 5.74) is 6.64. The van der Waals surface area contributed by atoms with Crippen molar-refractivity contribution in [2.45, 2.75) is 0 Å². The number of benzene rings is 1. The van der Waals surface area contributed by atoms with Crippen LogP contribution in [0.5, 0.6) is 11.5 Å². The van der Waals surface area contributed by atoms with Gasteiger partial charge in [-0.3, -0.25) is 0 Å². The third kappa shape index (κ3) is 2.81. The van der Waals surface area contributed by atoms with Crippen LogP contribution in [0, 0.1) is 0 Å².